The Balaban J connectivity index is 2.10. The lowest BCUT2D eigenvalue weighted by molar-refractivity contribution is -0.161. The van der Waals surface area contributed by atoms with Crippen LogP contribution in [0.15, 0.2) is 11.6 Å². The fraction of sp³-hybridized carbons (Fsp3) is 0.750. The van der Waals surface area contributed by atoms with E-state index in [1.165, 1.54) is 25.3 Å². The lowest BCUT2D eigenvalue weighted by atomic mass is 9.88. The summed E-state index contributed by atoms with van der Waals surface area (Å²) < 4.78 is 11.6. The molecule has 0 radical (unpaired) electrons. The topological polar surface area (TPSA) is 52.6 Å². The van der Waals surface area contributed by atoms with Gasteiger partial charge in [-0.2, -0.15) is 0 Å². The van der Waals surface area contributed by atoms with Crippen LogP contribution < -0.4 is 0 Å². The molecule has 20 heavy (non-hydrogen) atoms. The van der Waals surface area contributed by atoms with Crippen molar-refractivity contribution < 1.29 is 19.1 Å². The summed E-state index contributed by atoms with van der Waals surface area (Å²) >= 11 is 0. The van der Waals surface area contributed by atoms with Crippen LogP contribution in [0.5, 0.6) is 0 Å². The van der Waals surface area contributed by atoms with Crippen molar-refractivity contribution in [3.05, 3.63) is 11.6 Å². The third-order valence-corrected chi connectivity index (χ3v) is 4.26. The molecule has 2 aliphatic rings. The van der Waals surface area contributed by atoms with E-state index in [0.29, 0.717) is 19.3 Å². The largest absolute Gasteiger partial charge is 0.457 e. The Morgan fingerprint density at radius 3 is 2.95 bits per heavy atom. The summed E-state index contributed by atoms with van der Waals surface area (Å²) in [5.74, 6) is -0.287. The van der Waals surface area contributed by atoms with Crippen molar-refractivity contribution in [2.75, 3.05) is 0 Å². The third kappa shape index (κ3) is 3.48. The smallest absolute Gasteiger partial charge is 0.303 e. The summed E-state index contributed by atoms with van der Waals surface area (Å²) in [6.45, 7) is 3.35. The van der Waals surface area contributed by atoms with Crippen molar-refractivity contribution >= 4 is 12.3 Å². The molecular formula is C16H24O4. The maximum absolute atomic E-state index is 11.3. The van der Waals surface area contributed by atoms with Crippen LogP contribution in [0, 0.1) is 0 Å². The van der Waals surface area contributed by atoms with Gasteiger partial charge in [-0.05, 0) is 44.6 Å². The van der Waals surface area contributed by atoms with E-state index in [2.05, 4.69) is 6.08 Å². The molecule has 4 nitrogen and oxygen atoms in total. The first-order chi connectivity index (χ1) is 9.55. The van der Waals surface area contributed by atoms with Crippen molar-refractivity contribution in [1.82, 2.24) is 0 Å². The number of hydrogen-bond donors (Lipinski definition) is 0. The Morgan fingerprint density at radius 1 is 1.55 bits per heavy atom. The SMILES string of the molecule is CC(=O)O[C@]1(C)C[C@H](C2=CCCCC2)O[C@@H]1CCC=O. The van der Waals surface area contributed by atoms with Gasteiger partial charge in [0.05, 0.1) is 12.2 Å². The van der Waals surface area contributed by atoms with Crippen LogP contribution in [0.4, 0.5) is 0 Å². The minimum absolute atomic E-state index is 0.0382. The lowest BCUT2D eigenvalue weighted by Crippen LogP contribution is -2.39. The average Bonchev–Trinajstić information content (AvgIpc) is 2.73. The van der Waals surface area contributed by atoms with Gasteiger partial charge in [0.2, 0.25) is 0 Å². The summed E-state index contributed by atoms with van der Waals surface area (Å²) in [7, 11) is 0. The number of rotatable bonds is 5. The first kappa shape index (κ1) is 15.2. The molecule has 1 aliphatic heterocycles. The van der Waals surface area contributed by atoms with E-state index in [-0.39, 0.29) is 18.2 Å². The summed E-state index contributed by atoms with van der Waals surface area (Å²) in [4.78, 5) is 21.9. The molecule has 1 fully saturated rings. The first-order valence-corrected chi connectivity index (χ1v) is 7.53. The van der Waals surface area contributed by atoms with E-state index in [0.717, 1.165) is 19.1 Å². The molecule has 0 unspecified atom stereocenters. The second kappa shape index (κ2) is 6.53. The van der Waals surface area contributed by atoms with E-state index in [1.807, 2.05) is 6.92 Å². The minimum atomic E-state index is -0.613. The third-order valence-electron chi connectivity index (χ3n) is 4.26. The zero-order chi connectivity index (χ0) is 14.6. The molecule has 0 aromatic carbocycles. The van der Waals surface area contributed by atoms with E-state index < -0.39 is 5.60 Å². The number of carbonyl (C=O) groups excluding carboxylic acids is 2. The van der Waals surface area contributed by atoms with Gasteiger partial charge < -0.3 is 14.3 Å². The summed E-state index contributed by atoms with van der Waals surface area (Å²) in [5, 5.41) is 0. The molecular weight excluding hydrogens is 256 g/mol. The zero-order valence-corrected chi connectivity index (χ0v) is 12.4. The highest BCUT2D eigenvalue weighted by molar-refractivity contribution is 5.66. The van der Waals surface area contributed by atoms with Crippen molar-refractivity contribution in [2.24, 2.45) is 0 Å². The van der Waals surface area contributed by atoms with Crippen molar-refractivity contribution in [3.63, 3.8) is 0 Å². The fourth-order valence-corrected chi connectivity index (χ4v) is 3.29. The second-order valence-corrected chi connectivity index (χ2v) is 5.99. The van der Waals surface area contributed by atoms with Crippen molar-refractivity contribution in [3.8, 4) is 0 Å². The van der Waals surface area contributed by atoms with Crippen LogP contribution in [-0.2, 0) is 19.1 Å². The van der Waals surface area contributed by atoms with Crippen LogP contribution in [0.1, 0.15) is 58.8 Å². The van der Waals surface area contributed by atoms with Crippen LogP contribution in [-0.4, -0.2) is 30.1 Å². The molecule has 1 saturated heterocycles. The van der Waals surface area contributed by atoms with Crippen molar-refractivity contribution in [1.29, 1.82) is 0 Å². The molecule has 0 aromatic rings. The van der Waals surface area contributed by atoms with Gasteiger partial charge >= 0.3 is 5.97 Å². The molecule has 0 N–H and O–H groups in total. The Morgan fingerprint density at radius 2 is 2.35 bits per heavy atom. The quantitative estimate of drug-likeness (QED) is 0.441. The van der Waals surface area contributed by atoms with Crippen LogP contribution in [0.25, 0.3) is 0 Å². The molecule has 4 heteroatoms. The first-order valence-electron chi connectivity index (χ1n) is 7.53. The number of ether oxygens (including phenoxy) is 2. The van der Waals surface area contributed by atoms with Gasteiger partial charge in [0.15, 0.2) is 0 Å². The lowest BCUT2D eigenvalue weighted by Gasteiger charge is -2.28. The average molecular weight is 280 g/mol. The van der Waals surface area contributed by atoms with Gasteiger partial charge in [0.1, 0.15) is 11.9 Å². The van der Waals surface area contributed by atoms with Gasteiger partial charge in [-0.1, -0.05) is 6.08 Å². The molecule has 1 aliphatic carbocycles. The molecule has 0 spiro atoms. The summed E-state index contributed by atoms with van der Waals surface area (Å²) in [6, 6.07) is 0. The highest BCUT2D eigenvalue weighted by Gasteiger charge is 2.48. The van der Waals surface area contributed by atoms with Crippen LogP contribution in [0.3, 0.4) is 0 Å². The summed E-state index contributed by atoms with van der Waals surface area (Å²) in [5.41, 5.74) is 0.723. The molecule has 0 amide bonds. The van der Waals surface area contributed by atoms with Gasteiger partial charge in [0, 0.05) is 19.8 Å². The number of hydrogen-bond acceptors (Lipinski definition) is 4. The maximum Gasteiger partial charge on any atom is 0.303 e. The maximum atomic E-state index is 11.3. The molecule has 3 atom stereocenters. The fourth-order valence-electron chi connectivity index (χ4n) is 3.29. The van der Waals surface area contributed by atoms with Gasteiger partial charge in [-0.15, -0.1) is 0 Å². The monoisotopic (exact) mass is 280 g/mol. The number of aldehydes is 1. The molecule has 0 aromatic heterocycles. The molecule has 1 heterocycles. The Kier molecular flexibility index (Phi) is 4.97. The summed E-state index contributed by atoms with van der Waals surface area (Å²) in [6.07, 6.45) is 9.38. The van der Waals surface area contributed by atoms with E-state index in [9.17, 15) is 9.59 Å². The molecule has 0 saturated carbocycles. The van der Waals surface area contributed by atoms with Crippen LogP contribution >= 0.6 is 0 Å². The Bertz CT molecular complexity index is 401. The van der Waals surface area contributed by atoms with Crippen molar-refractivity contribution in [2.45, 2.75) is 76.6 Å². The van der Waals surface area contributed by atoms with E-state index in [4.69, 9.17) is 9.47 Å². The van der Waals surface area contributed by atoms with Gasteiger partial charge in [0.25, 0.3) is 0 Å². The number of esters is 1. The standard InChI is InChI=1S/C16H24O4/c1-12(18)20-16(2)11-14(13-7-4-3-5-8-13)19-15(16)9-6-10-17/h7,10,14-15H,3-6,8-9,11H2,1-2H3/t14-,15-,16-/m1/s1. The highest BCUT2D eigenvalue weighted by atomic mass is 16.6. The van der Waals surface area contributed by atoms with E-state index in [1.54, 1.807) is 0 Å². The second-order valence-electron chi connectivity index (χ2n) is 5.99. The van der Waals surface area contributed by atoms with E-state index >= 15 is 0 Å². The Hall–Kier alpha value is -1.16. The molecule has 112 valence electrons. The normalized spacial score (nSPS) is 33.6. The highest BCUT2D eigenvalue weighted by Crippen LogP contribution is 2.40. The zero-order valence-electron chi connectivity index (χ0n) is 12.4. The Labute approximate surface area is 120 Å². The van der Waals surface area contributed by atoms with Gasteiger partial charge in [-0.25, -0.2) is 0 Å². The predicted molar refractivity (Wildman–Crippen MR) is 75.3 cm³/mol. The number of allylic oxidation sites excluding steroid dienone is 1. The molecule has 0 bridgehead atoms. The van der Waals surface area contributed by atoms with Gasteiger partial charge in [-0.3, -0.25) is 4.79 Å². The minimum Gasteiger partial charge on any atom is -0.457 e. The predicted octanol–water partition coefficient (Wildman–Crippen LogP) is 2.95. The van der Waals surface area contributed by atoms with Crippen LogP contribution in [0.2, 0.25) is 0 Å². The molecule has 2 rings (SSSR count). The number of carbonyl (C=O) groups is 2.